The van der Waals surface area contributed by atoms with Crippen molar-refractivity contribution in [2.45, 2.75) is 26.7 Å². The number of nitrogens with zero attached hydrogens (tertiary/aromatic N) is 2. The summed E-state index contributed by atoms with van der Waals surface area (Å²) in [7, 11) is 0. The van der Waals surface area contributed by atoms with Gasteiger partial charge in [-0.15, -0.1) is 0 Å². The molecule has 1 amide bonds. The zero-order chi connectivity index (χ0) is 17.1. The maximum absolute atomic E-state index is 12.5. The van der Waals surface area contributed by atoms with Crippen molar-refractivity contribution in [3.05, 3.63) is 63.0 Å². The Kier molecular flexibility index (Phi) is 5.08. The van der Waals surface area contributed by atoms with Crippen LogP contribution in [0.2, 0.25) is 0 Å². The summed E-state index contributed by atoms with van der Waals surface area (Å²) in [5.41, 5.74) is 5.02. The van der Waals surface area contributed by atoms with Gasteiger partial charge < -0.3 is 5.32 Å². The first-order valence-corrected chi connectivity index (χ1v) is 9.05. The van der Waals surface area contributed by atoms with Crippen molar-refractivity contribution < 1.29 is 4.79 Å². The Labute approximate surface area is 154 Å². The molecule has 0 aliphatic rings. The van der Waals surface area contributed by atoms with Crippen LogP contribution in [0.25, 0.3) is 11.0 Å². The predicted molar refractivity (Wildman–Crippen MR) is 105 cm³/mol. The van der Waals surface area contributed by atoms with Crippen molar-refractivity contribution in [1.82, 2.24) is 9.97 Å². The highest BCUT2D eigenvalue weighted by molar-refractivity contribution is 14.1. The minimum absolute atomic E-state index is 0.138. The van der Waals surface area contributed by atoms with Gasteiger partial charge in [-0.1, -0.05) is 26.0 Å². The summed E-state index contributed by atoms with van der Waals surface area (Å²) in [6.45, 7) is 4.15. The molecule has 24 heavy (non-hydrogen) atoms. The number of benzene rings is 2. The van der Waals surface area contributed by atoms with Gasteiger partial charge in [0.15, 0.2) is 0 Å². The molecule has 1 N–H and O–H groups in total. The molecular formula is C19H18IN3O. The highest BCUT2D eigenvalue weighted by atomic mass is 127. The van der Waals surface area contributed by atoms with Crippen molar-refractivity contribution in [3.63, 3.8) is 0 Å². The molecule has 2 aromatic carbocycles. The number of para-hydroxylation sites is 1. The fraction of sp³-hybridized carbons (Fsp3) is 0.211. The molecule has 0 fully saturated rings. The molecule has 0 unspecified atom stereocenters. The van der Waals surface area contributed by atoms with E-state index in [9.17, 15) is 4.79 Å². The Balaban J connectivity index is 1.95. The molecule has 0 bridgehead atoms. The summed E-state index contributed by atoms with van der Waals surface area (Å²) in [5.74, 6) is -0.138. The number of hydrogen-bond donors (Lipinski definition) is 1. The summed E-state index contributed by atoms with van der Waals surface area (Å²) in [5, 5.41) is 2.95. The highest BCUT2D eigenvalue weighted by Gasteiger charge is 2.11. The minimum Gasteiger partial charge on any atom is -0.321 e. The number of amides is 1. The van der Waals surface area contributed by atoms with Gasteiger partial charge in [0, 0.05) is 9.13 Å². The highest BCUT2D eigenvalue weighted by Crippen LogP contribution is 2.20. The average Bonchev–Trinajstić information content (AvgIpc) is 2.61. The second-order valence-electron chi connectivity index (χ2n) is 5.46. The molecule has 0 aliphatic heterocycles. The van der Waals surface area contributed by atoms with Gasteiger partial charge in [0.05, 0.1) is 28.1 Å². The van der Waals surface area contributed by atoms with Gasteiger partial charge in [-0.25, -0.2) is 9.97 Å². The van der Waals surface area contributed by atoms with E-state index in [4.69, 9.17) is 0 Å². The average molecular weight is 431 g/mol. The summed E-state index contributed by atoms with van der Waals surface area (Å²) in [6, 6.07) is 13.2. The standard InChI is InChI=1S/C19H18IN3O/c1-3-14-15(4-2)22-18-11-12(9-10-17(18)21-14)19(24)23-16-8-6-5-7-13(16)20/h5-11H,3-4H2,1-2H3,(H,23,24). The van der Waals surface area contributed by atoms with Gasteiger partial charge in [0.1, 0.15) is 0 Å². The lowest BCUT2D eigenvalue weighted by atomic mass is 10.1. The molecule has 1 heterocycles. The van der Waals surface area contributed by atoms with Gasteiger partial charge in [0.2, 0.25) is 0 Å². The second-order valence-corrected chi connectivity index (χ2v) is 6.62. The van der Waals surface area contributed by atoms with Gasteiger partial charge >= 0.3 is 0 Å². The van der Waals surface area contributed by atoms with E-state index in [2.05, 4.69) is 51.7 Å². The van der Waals surface area contributed by atoms with E-state index < -0.39 is 0 Å². The Bertz CT molecular complexity index is 908. The summed E-state index contributed by atoms with van der Waals surface area (Å²) in [4.78, 5) is 21.9. The van der Waals surface area contributed by atoms with E-state index >= 15 is 0 Å². The van der Waals surface area contributed by atoms with E-state index in [-0.39, 0.29) is 5.91 Å². The number of anilines is 1. The second kappa shape index (κ2) is 7.25. The van der Waals surface area contributed by atoms with E-state index in [1.165, 1.54) is 0 Å². The van der Waals surface area contributed by atoms with E-state index in [0.717, 1.165) is 44.5 Å². The lowest BCUT2D eigenvalue weighted by molar-refractivity contribution is 0.102. The first kappa shape index (κ1) is 16.8. The molecule has 0 saturated carbocycles. The topological polar surface area (TPSA) is 54.9 Å². The molecule has 0 saturated heterocycles. The molecule has 3 aromatic rings. The van der Waals surface area contributed by atoms with Crippen LogP contribution in [0.5, 0.6) is 0 Å². The minimum atomic E-state index is -0.138. The third-order valence-electron chi connectivity index (χ3n) is 3.87. The monoisotopic (exact) mass is 431 g/mol. The molecule has 0 spiro atoms. The van der Waals surface area contributed by atoms with Crippen LogP contribution < -0.4 is 5.32 Å². The molecule has 122 valence electrons. The first-order valence-electron chi connectivity index (χ1n) is 7.97. The molecule has 0 atom stereocenters. The zero-order valence-corrected chi connectivity index (χ0v) is 15.8. The van der Waals surface area contributed by atoms with Crippen LogP contribution in [0.3, 0.4) is 0 Å². The third kappa shape index (κ3) is 3.40. The zero-order valence-electron chi connectivity index (χ0n) is 13.6. The Hall–Kier alpha value is -2.02. The van der Waals surface area contributed by atoms with E-state index in [1.54, 1.807) is 6.07 Å². The number of rotatable bonds is 4. The van der Waals surface area contributed by atoms with Gasteiger partial charge in [-0.3, -0.25) is 4.79 Å². The number of fused-ring (bicyclic) bond motifs is 1. The normalized spacial score (nSPS) is 10.8. The third-order valence-corrected chi connectivity index (χ3v) is 4.81. The number of carbonyl (C=O) groups excluding carboxylic acids is 1. The van der Waals surface area contributed by atoms with Crippen molar-refractivity contribution >= 4 is 45.2 Å². The molecular weight excluding hydrogens is 413 g/mol. The fourth-order valence-electron chi connectivity index (χ4n) is 2.59. The summed E-state index contributed by atoms with van der Waals surface area (Å²) in [6.07, 6.45) is 1.70. The van der Waals surface area contributed by atoms with Crippen LogP contribution in [0.1, 0.15) is 35.6 Å². The molecule has 4 nitrogen and oxygen atoms in total. The van der Waals surface area contributed by atoms with Crippen LogP contribution in [-0.4, -0.2) is 15.9 Å². The maximum Gasteiger partial charge on any atom is 0.255 e. The molecule has 1 aromatic heterocycles. The lowest BCUT2D eigenvalue weighted by Gasteiger charge is -2.09. The Morgan fingerprint density at radius 1 is 1.00 bits per heavy atom. The summed E-state index contributed by atoms with van der Waals surface area (Å²) >= 11 is 2.21. The van der Waals surface area contributed by atoms with Crippen molar-refractivity contribution in [2.75, 3.05) is 5.32 Å². The number of hydrogen-bond acceptors (Lipinski definition) is 3. The van der Waals surface area contributed by atoms with Crippen molar-refractivity contribution in [1.29, 1.82) is 0 Å². The van der Waals surface area contributed by atoms with Gasteiger partial charge in [-0.05, 0) is 65.8 Å². The Morgan fingerprint density at radius 2 is 1.67 bits per heavy atom. The van der Waals surface area contributed by atoms with Gasteiger partial charge in [-0.2, -0.15) is 0 Å². The van der Waals surface area contributed by atoms with Crippen LogP contribution in [0, 0.1) is 3.57 Å². The van der Waals surface area contributed by atoms with Crippen LogP contribution in [-0.2, 0) is 12.8 Å². The Morgan fingerprint density at radius 3 is 2.33 bits per heavy atom. The van der Waals surface area contributed by atoms with E-state index in [1.807, 2.05) is 36.4 Å². The van der Waals surface area contributed by atoms with Crippen LogP contribution >= 0.6 is 22.6 Å². The predicted octanol–water partition coefficient (Wildman–Crippen LogP) is 4.61. The number of aromatic nitrogens is 2. The SMILES string of the molecule is CCc1nc2ccc(C(=O)Nc3ccccc3I)cc2nc1CC. The summed E-state index contributed by atoms with van der Waals surface area (Å²) < 4.78 is 1.00. The molecule has 5 heteroatoms. The maximum atomic E-state index is 12.5. The van der Waals surface area contributed by atoms with Crippen LogP contribution in [0.4, 0.5) is 5.69 Å². The van der Waals surface area contributed by atoms with Crippen molar-refractivity contribution in [2.24, 2.45) is 0 Å². The number of nitrogens with one attached hydrogen (secondary N) is 1. The molecule has 0 radical (unpaired) electrons. The first-order chi connectivity index (χ1) is 11.6. The smallest absolute Gasteiger partial charge is 0.255 e. The largest absolute Gasteiger partial charge is 0.321 e. The molecule has 3 rings (SSSR count). The van der Waals surface area contributed by atoms with Gasteiger partial charge in [0.25, 0.3) is 5.91 Å². The molecule has 0 aliphatic carbocycles. The lowest BCUT2D eigenvalue weighted by Crippen LogP contribution is -2.13. The quantitative estimate of drug-likeness (QED) is 0.614. The number of halogens is 1. The van der Waals surface area contributed by atoms with E-state index in [0.29, 0.717) is 5.56 Å². The fourth-order valence-corrected chi connectivity index (χ4v) is 3.11. The van der Waals surface area contributed by atoms with Crippen LogP contribution in [0.15, 0.2) is 42.5 Å². The number of carbonyl (C=O) groups is 1. The van der Waals surface area contributed by atoms with Crippen molar-refractivity contribution in [3.8, 4) is 0 Å². The number of aryl methyl sites for hydroxylation is 2.